The molecule has 0 aliphatic carbocycles. The average molecular weight is 387 g/mol. The van der Waals surface area contributed by atoms with Crippen LogP contribution in [0.3, 0.4) is 0 Å². The van der Waals surface area contributed by atoms with Crippen LogP contribution in [0.1, 0.15) is 66.2 Å². The minimum absolute atomic E-state index is 0.155. The van der Waals surface area contributed by atoms with Crippen LogP contribution in [0.15, 0.2) is 21.8 Å². The normalized spacial score (nSPS) is 12.8. The second-order valence-corrected chi connectivity index (χ2v) is 19.5. The molecule has 2 heteroatoms. The van der Waals surface area contributed by atoms with Crippen LogP contribution in [0.5, 0.6) is 0 Å². The van der Waals surface area contributed by atoms with Crippen molar-refractivity contribution in [3.05, 3.63) is 21.8 Å². The molecule has 1 N–H and O–H groups in total. The SMILES string of the molecule is C=[C](/C(C)=C\CO)[Sn]([CH2]CCC)([CH2]CCC)[CH2]CCC. The fourth-order valence-electron chi connectivity index (χ4n) is 3.05. The molecule has 0 radical (unpaired) electrons. The number of unbranched alkanes of at least 4 members (excludes halogenated alkanes) is 3. The second kappa shape index (κ2) is 11.9. The third kappa shape index (κ3) is 6.80. The van der Waals surface area contributed by atoms with E-state index in [1.165, 1.54) is 61.0 Å². The molecule has 0 saturated heterocycles. The predicted molar refractivity (Wildman–Crippen MR) is 94.9 cm³/mol. The van der Waals surface area contributed by atoms with Crippen molar-refractivity contribution >= 4 is 18.4 Å². The Labute approximate surface area is 131 Å². The molecule has 0 aromatic heterocycles. The molecular weight excluding hydrogens is 351 g/mol. The van der Waals surface area contributed by atoms with Gasteiger partial charge in [-0.1, -0.05) is 0 Å². The monoisotopic (exact) mass is 388 g/mol. The summed E-state index contributed by atoms with van der Waals surface area (Å²) in [5.41, 5.74) is 1.28. The quantitative estimate of drug-likeness (QED) is 0.328. The summed E-state index contributed by atoms with van der Waals surface area (Å²) >= 11 is -2.31. The van der Waals surface area contributed by atoms with Crippen LogP contribution in [-0.4, -0.2) is 30.1 Å². The molecule has 0 bridgehead atoms. The maximum absolute atomic E-state index is 9.19. The Bertz CT molecular complexity index is 272. The number of hydrogen-bond donors (Lipinski definition) is 1. The van der Waals surface area contributed by atoms with E-state index in [4.69, 9.17) is 0 Å². The predicted octanol–water partition coefficient (Wildman–Crippen LogP) is 5.87. The molecular formula is C18H36OSn. The van der Waals surface area contributed by atoms with E-state index in [2.05, 4.69) is 34.3 Å². The van der Waals surface area contributed by atoms with E-state index in [-0.39, 0.29) is 6.61 Å². The average Bonchev–Trinajstić information content (AvgIpc) is 2.46. The summed E-state index contributed by atoms with van der Waals surface area (Å²) in [5.74, 6) is 0. The van der Waals surface area contributed by atoms with Crippen LogP contribution in [0.2, 0.25) is 13.3 Å². The zero-order valence-electron chi connectivity index (χ0n) is 14.3. The van der Waals surface area contributed by atoms with Crippen molar-refractivity contribution in [2.45, 2.75) is 79.5 Å². The Morgan fingerprint density at radius 3 is 1.65 bits per heavy atom. The van der Waals surface area contributed by atoms with Gasteiger partial charge in [-0.2, -0.15) is 0 Å². The van der Waals surface area contributed by atoms with E-state index in [9.17, 15) is 5.11 Å². The van der Waals surface area contributed by atoms with Gasteiger partial charge in [-0.05, 0) is 0 Å². The van der Waals surface area contributed by atoms with Gasteiger partial charge in [-0.15, -0.1) is 0 Å². The molecule has 0 rings (SSSR count). The Balaban J connectivity index is 5.20. The van der Waals surface area contributed by atoms with E-state index >= 15 is 0 Å². The van der Waals surface area contributed by atoms with Crippen molar-refractivity contribution in [1.29, 1.82) is 0 Å². The Morgan fingerprint density at radius 2 is 1.35 bits per heavy atom. The van der Waals surface area contributed by atoms with Gasteiger partial charge in [-0.25, -0.2) is 0 Å². The first-order valence-electron chi connectivity index (χ1n) is 8.55. The van der Waals surface area contributed by atoms with Crippen molar-refractivity contribution < 1.29 is 5.11 Å². The van der Waals surface area contributed by atoms with E-state index in [0.29, 0.717) is 0 Å². The number of aliphatic hydroxyl groups is 1. The standard InChI is InChI=1S/C6H9O.3C4H9.Sn/c1-3-6(2)4-5-7;3*1-3-4-2;/h4,7H,1,5H2,2H3;3*1,3-4H2,2H3;/b6-4-;;;;. The zero-order valence-corrected chi connectivity index (χ0v) is 17.2. The van der Waals surface area contributed by atoms with Gasteiger partial charge < -0.3 is 0 Å². The summed E-state index contributed by atoms with van der Waals surface area (Å²) in [7, 11) is 0. The molecule has 0 amide bonds. The molecule has 20 heavy (non-hydrogen) atoms. The summed E-state index contributed by atoms with van der Waals surface area (Å²) in [6.07, 6.45) is 9.98. The number of allylic oxidation sites excluding steroid dienone is 2. The topological polar surface area (TPSA) is 20.2 Å². The Kier molecular flexibility index (Phi) is 12.0. The Hall–Kier alpha value is 0.239. The van der Waals surface area contributed by atoms with Crippen molar-refractivity contribution in [3.63, 3.8) is 0 Å². The summed E-state index contributed by atoms with van der Waals surface area (Å²) in [6.45, 7) is 13.7. The summed E-state index contributed by atoms with van der Waals surface area (Å²) in [4.78, 5) is 0. The fraction of sp³-hybridized carbons (Fsp3) is 0.778. The molecule has 0 aromatic carbocycles. The molecule has 0 aliphatic rings. The third-order valence-electron chi connectivity index (χ3n) is 4.54. The van der Waals surface area contributed by atoms with Crippen molar-refractivity contribution in [3.8, 4) is 0 Å². The van der Waals surface area contributed by atoms with Crippen molar-refractivity contribution in [2.75, 3.05) is 6.61 Å². The van der Waals surface area contributed by atoms with Gasteiger partial charge in [0.25, 0.3) is 0 Å². The van der Waals surface area contributed by atoms with Crippen LogP contribution in [0.25, 0.3) is 0 Å². The van der Waals surface area contributed by atoms with E-state index in [0.717, 1.165) is 0 Å². The third-order valence-corrected chi connectivity index (χ3v) is 20.5. The van der Waals surface area contributed by atoms with Gasteiger partial charge >= 0.3 is 131 Å². The molecule has 0 unspecified atom stereocenters. The van der Waals surface area contributed by atoms with Gasteiger partial charge in [-0.3, -0.25) is 0 Å². The zero-order chi connectivity index (χ0) is 15.4. The minimum atomic E-state index is -2.31. The molecule has 0 fully saturated rings. The number of rotatable bonds is 12. The first kappa shape index (κ1) is 20.2. The number of aliphatic hydroxyl groups excluding tert-OH is 1. The molecule has 118 valence electrons. The maximum atomic E-state index is 9.19. The van der Waals surface area contributed by atoms with E-state index in [1.54, 1.807) is 0 Å². The van der Waals surface area contributed by atoms with Crippen LogP contribution < -0.4 is 0 Å². The molecule has 0 heterocycles. The van der Waals surface area contributed by atoms with Gasteiger partial charge in [0.2, 0.25) is 0 Å². The first-order valence-corrected chi connectivity index (χ1v) is 16.0. The van der Waals surface area contributed by atoms with Gasteiger partial charge in [0.15, 0.2) is 0 Å². The van der Waals surface area contributed by atoms with Gasteiger partial charge in [0.1, 0.15) is 0 Å². The van der Waals surface area contributed by atoms with Crippen LogP contribution >= 0.6 is 0 Å². The van der Waals surface area contributed by atoms with Crippen molar-refractivity contribution in [2.24, 2.45) is 0 Å². The van der Waals surface area contributed by atoms with Gasteiger partial charge in [0.05, 0.1) is 0 Å². The van der Waals surface area contributed by atoms with Crippen molar-refractivity contribution in [1.82, 2.24) is 0 Å². The fourth-order valence-corrected chi connectivity index (χ4v) is 19.3. The number of hydrogen-bond acceptors (Lipinski definition) is 1. The van der Waals surface area contributed by atoms with Crippen LogP contribution in [-0.2, 0) is 0 Å². The molecule has 0 spiro atoms. The van der Waals surface area contributed by atoms with Crippen LogP contribution in [0, 0.1) is 0 Å². The second-order valence-electron chi connectivity index (χ2n) is 6.14. The summed E-state index contributed by atoms with van der Waals surface area (Å²) in [6, 6.07) is 0. The summed E-state index contributed by atoms with van der Waals surface area (Å²) < 4.78 is 5.87. The molecule has 0 saturated carbocycles. The Morgan fingerprint density at radius 1 is 0.950 bits per heavy atom. The molecule has 0 aromatic rings. The van der Waals surface area contributed by atoms with Crippen LogP contribution in [0.4, 0.5) is 0 Å². The first-order chi connectivity index (χ1) is 9.57. The molecule has 0 aliphatic heterocycles. The molecule has 0 atom stereocenters. The van der Waals surface area contributed by atoms with E-state index in [1.807, 2.05) is 6.08 Å². The van der Waals surface area contributed by atoms with Gasteiger partial charge in [0, 0.05) is 0 Å². The molecule has 1 nitrogen and oxygen atoms in total. The summed E-state index contributed by atoms with van der Waals surface area (Å²) in [5, 5.41) is 9.19. The van der Waals surface area contributed by atoms with E-state index < -0.39 is 18.4 Å².